The first-order chi connectivity index (χ1) is 7.86. The third-order valence-electron chi connectivity index (χ3n) is 2.16. The Balaban J connectivity index is 3.09. The van der Waals surface area contributed by atoms with Crippen LogP contribution in [-0.4, -0.2) is 22.1 Å². The van der Waals surface area contributed by atoms with E-state index in [1.54, 1.807) is 12.1 Å². The van der Waals surface area contributed by atoms with Crippen molar-refractivity contribution in [1.82, 2.24) is 4.72 Å². The van der Waals surface area contributed by atoms with E-state index < -0.39 is 10.0 Å². The van der Waals surface area contributed by atoms with Gasteiger partial charge in [-0.3, -0.25) is 0 Å². The average Bonchev–Trinajstić information content (AvgIpc) is 2.26. The van der Waals surface area contributed by atoms with Crippen molar-refractivity contribution >= 4 is 15.7 Å². The fourth-order valence-corrected chi connectivity index (χ4v) is 2.67. The summed E-state index contributed by atoms with van der Waals surface area (Å²) in [7, 11) is -2.15. The molecule has 6 heteroatoms. The van der Waals surface area contributed by atoms with E-state index in [0.29, 0.717) is 12.2 Å². The Morgan fingerprint density at radius 1 is 1.41 bits per heavy atom. The maximum Gasteiger partial charge on any atom is 0.244 e. The summed E-state index contributed by atoms with van der Waals surface area (Å²) in [6.07, 6.45) is 0. The Morgan fingerprint density at radius 2 is 2.06 bits per heavy atom. The van der Waals surface area contributed by atoms with Crippen LogP contribution in [0.25, 0.3) is 0 Å². The summed E-state index contributed by atoms with van der Waals surface area (Å²) in [6.45, 7) is 4.23. The van der Waals surface area contributed by atoms with Crippen LogP contribution < -0.4 is 15.2 Å². The van der Waals surface area contributed by atoms with E-state index in [1.165, 1.54) is 13.2 Å². The Hall–Kier alpha value is -1.27. The summed E-state index contributed by atoms with van der Waals surface area (Å²) in [5.41, 5.74) is 5.97. The van der Waals surface area contributed by atoms with Crippen LogP contribution >= 0.6 is 0 Å². The molecule has 0 atom stereocenters. The second-order valence-corrected chi connectivity index (χ2v) is 5.89. The number of anilines is 1. The molecule has 0 amide bonds. The Bertz CT molecular complexity index is 483. The van der Waals surface area contributed by atoms with E-state index in [-0.39, 0.29) is 16.6 Å². The Kier molecular flexibility index (Phi) is 4.36. The van der Waals surface area contributed by atoms with Crippen molar-refractivity contribution in [2.24, 2.45) is 5.92 Å². The van der Waals surface area contributed by atoms with E-state index >= 15 is 0 Å². The number of nitrogens with one attached hydrogen (secondary N) is 1. The third-order valence-corrected chi connectivity index (χ3v) is 3.60. The molecule has 96 valence electrons. The third kappa shape index (κ3) is 3.61. The van der Waals surface area contributed by atoms with E-state index in [4.69, 9.17) is 10.5 Å². The molecule has 0 saturated carbocycles. The summed E-state index contributed by atoms with van der Waals surface area (Å²) < 4.78 is 31.6. The number of ether oxygens (including phenoxy) is 1. The van der Waals surface area contributed by atoms with Gasteiger partial charge < -0.3 is 10.5 Å². The maximum atomic E-state index is 12.0. The van der Waals surface area contributed by atoms with Crippen LogP contribution in [0.4, 0.5) is 5.69 Å². The molecule has 0 saturated heterocycles. The smallest absolute Gasteiger partial charge is 0.244 e. The molecule has 0 aliphatic carbocycles. The normalized spacial score (nSPS) is 11.8. The summed E-state index contributed by atoms with van der Waals surface area (Å²) in [5, 5.41) is 0. The van der Waals surface area contributed by atoms with Crippen LogP contribution in [0.2, 0.25) is 0 Å². The van der Waals surface area contributed by atoms with Crippen molar-refractivity contribution in [3.63, 3.8) is 0 Å². The molecule has 0 aromatic heterocycles. The lowest BCUT2D eigenvalue weighted by Gasteiger charge is -2.12. The first-order valence-corrected chi connectivity index (χ1v) is 6.78. The SMILES string of the molecule is COc1ccc(N)cc1S(=O)(=O)NCC(C)C. The lowest BCUT2D eigenvalue weighted by atomic mass is 10.2. The number of hydrogen-bond acceptors (Lipinski definition) is 4. The standard InChI is InChI=1S/C11H18N2O3S/c1-8(2)7-13-17(14,15)11-6-9(12)4-5-10(11)16-3/h4-6,8,13H,7,12H2,1-3H3. The molecule has 17 heavy (non-hydrogen) atoms. The fraction of sp³-hybridized carbons (Fsp3) is 0.455. The number of nitrogen functional groups attached to an aromatic ring is 1. The minimum atomic E-state index is -3.58. The predicted molar refractivity (Wildman–Crippen MR) is 67.4 cm³/mol. The highest BCUT2D eigenvalue weighted by atomic mass is 32.2. The molecular formula is C11H18N2O3S. The van der Waals surface area contributed by atoms with Crippen molar-refractivity contribution < 1.29 is 13.2 Å². The lowest BCUT2D eigenvalue weighted by molar-refractivity contribution is 0.402. The van der Waals surface area contributed by atoms with Gasteiger partial charge in [-0.25, -0.2) is 13.1 Å². The number of nitrogens with two attached hydrogens (primary N) is 1. The molecular weight excluding hydrogens is 240 g/mol. The first-order valence-electron chi connectivity index (χ1n) is 5.30. The van der Waals surface area contributed by atoms with Crippen LogP contribution in [0.1, 0.15) is 13.8 Å². The fourth-order valence-electron chi connectivity index (χ4n) is 1.26. The summed E-state index contributed by atoms with van der Waals surface area (Å²) in [5.74, 6) is 0.521. The number of methoxy groups -OCH3 is 1. The van der Waals surface area contributed by atoms with E-state index in [9.17, 15) is 8.42 Å². The van der Waals surface area contributed by atoms with Crippen molar-refractivity contribution in [2.45, 2.75) is 18.7 Å². The summed E-state index contributed by atoms with van der Waals surface area (Å²) >= 11 is 0. The summed E-state index contributed by atoms with van der Waals surface area (Å²) in [6, 6.07) is 4.53. The number of benzene rings is 1. The van der Waals surface area contributed by atoms with Crippen molar-refractivity contribution in [2.75, 3.05) is 19.4 Å². The van der Waals surface area contributed by atoms with Gasteiger partial charge in [0.15, 0.2) is 0 Å². The maximum absolute atomic E-state index is 12.0. The van der Waals surface area contributed by atoms with E-state index in [0.717, 1.165) is 0 Å². The lowest BCUT2D eigenvalue weighted by Crippen LogP contribution is -2.28. The number of hydrogen-bond donors (Lipinski definition) is 2. The first kappa shape index (κ1) is 13.8. The second kappa shape index (κ2) is 5.37. The van der Waals surface area contributed by atoms with Gasteiger partial charge in [0.05, 0.1) is 7.11 Å². The Morgan fingerprint density at radius 3 is 2.59 bits per heavy atom. The van der Waals surface area contributed by atoms with Crippen molar-refractivity contribution in [3.05, 3.63) is 18.2 Å². The van der Waals surface area contributed by atoms with Gasteiger partial charge in [0.25, 0.3) is 0 Å². The zero-order valence-corrected chi connectivity index (χ0v) is 11.0. The molecule has 1 rings (SSSR count). The molecule has 0 radical (unpaired) electrons. The molecule has 0 spiro atoms. The van der Waals surface area contributed by atoms with Crippen molar-refractivity contribution in [3.8, 4) is 5.75 Å². The molecule has 0 fully saturated rings. The monoisotopic (exact) mass is 258 g/mol. The zero-order chi connectivity index (χ0) is 13.1. The molecule has 1 aromatic rings. The highest BCUT2D eigenvalue weighted by molar-refractivity contribution is 7.89. The van der Waals surface area contributed by atoms with Gasteiger partial charge in [-0.15, -0.1) is 0 Å². The molecule has 0 aliphatic heterocycles. The zero-order valence-electron chi connectivity index (χ0n) is 10.2. The molecule has 3 N–H and O–H groups in total. The molecule has 0 bridgehead atoms. The average molecular weight is 258 g/mol. The van der Waals surface area contributed by atoms with E-state index in [2.05, 4.69) is 4.72 Å². The molecule has 0 aliphatic rings. The quantitative estimate of drug-likeness (QED) is 0.778. The van der Waals surface area contributed by atoms with Crippen LogP contribution in [0.3, 0.4) is 0 Å². The second-order valence-electron chi connectivity index (χ2n) is 4.16. The minimum absolute atomic E-state index is 0.0700. The van der Waals surface area contributed by atoms with Gasteiger partial charge in [-0.2, -0.15) is 0 Å². The van der Waals surface area contributed by atoms with Crippen LogP contribution in [-0.2, 0) is 10.0 Å². The van der Waals surface area contributed by atoms with Gasteiger partial charge in [-0.1, -0.05) is 13.8 Å². The summed E-state index contributed by atoms with van der Waals surface area (Å²) in [4.78, 5) is 0.0700. The Labute approximate surface area is 102 Å². The van der Waals surface area contributed by atoms with Gasteiger partial charge in [0.1, 0.15) is 10.6 Å². The molecule has 0 unspecified atom stereocenters. The largest absolute Gasteiger partial charge is 0.495 e. The van der Waals surface area contributed by atoms with Crippen LogP contribution in [0, 0.1) is 5.92 Å². The molecule has 5 nitrogen and oxygen atoms in total. The highest BCUT2D eigenvalue weighted by Crippen LogP contribution is 2.25. The van der Waals surface area contributed by atoms with Crippen LogP contribution in [0.5, 0.6) is 5.75 Å². The van der Waals surface area contributed by atoms with Gasteiger partial charge in [0.2, 0.25) is 10.0 Å². The van der Waals surface area contributed by atoms with Gasteiger partial charge >= 0.3 is 0 Å². The minimum Gasteiger partial charge on any atom is -0.495 e. The number of rotatable bonds is 5. The predicted octanol–water partition coefficient (Wildman–Crippen LogP) is 1.21. The molecule has 0 heterocycles. The topological polar surface area (TPSA) is 81.4 Å². The van der Waals surface area contributed by atoms with E-state index in [1.807, 2.05) is 13.8 Å². The van der Waals surface area contributed by atoms with Gasteiger partial charge in [0, 0.05) is 12.2 Å². The van der Waals surface area contributed by atoms with Crippen molar-refractivity contribution in [1.29, 1.82) is 0 Å². The molecule has 1 aromatic carbocycles. The van der Waals surface area contributed by atoms with Gasteiger partial charge in [-0.05, 0) is 24.1 Å². The van der Waals surface area contributed by atoms with Crippen LogP contribution in [0.15, 0.2) is 23.1 Å². The highest BCUT2D eigenvalue weighted by Gasteiger charge is 2.19. The number of sulfonamides is 1.